The first-order valence-corrected chi connectivity index (χ1v) is 12.2. The number of fused-ring (bicyclic) bond motifs is 1. The van der Waals surface area contributed by atoms with Crippen LogP contribution in [0.1, 0.15) is 31.2 Å². The lowest BCUT2D eigenvalue weighted by molar-refractivity contribution is -0.596. The first kappa shape index (κ1) is 21.6. The van der Waals surface area contributed by atoms with E-state index in [2.05, 4.69) is 4.98 Å². The van der Waals surface area contributed by atoms with Gasteiger partial charge in [0.25, 0.3) is 21.4 Å². The van der Waals surface area contributed by atoms with Gasteiger partial charge in [0, 0.05) is 5.56 Å². The highest BCUT2D eigenvalue weighted by molar-refractivity contribution is 7.92. The Morgan fingerprint density at radius 2 is 1.87 bits per heavy atom. The summed E-state index contributed by atoms with van der Waals surface area (Å²) in [7, 11) is -9.50. The number of alkyl halides is 3. The molecule has 0 N–H and O–H groups in total. The van der Waals surface area contributed by atoms with E-state index in [4.69, 9.17) is 4.42 Å². The fourth-order valence-corrected chi connectivity index (χ4v) is 4.99. The molecule has 0 saturated heterocycles. The Morgan fingerprint density at radius 3 is 2.45 bits per heavy atom. The van der Waals surface area contributed by atoms with Crippen molar-refractivity contribution in [2.45, 2.75) is 41.0 Å². The van der Waals surface area contributed by atoms with Crippen molar-refractivity contribution in [3.63, 3.8) is 0 Å². The molecule has 0 atom stereocenters. The van der Waals surface area contributed by atoms with Gasteiger partial charge >= 0.3 is 5.51 Å². The van der Waals surface area contributed by atoms with Crippen LogP contribution in [0, 0.1) is 5.21 Å². The second-order valence-electron chi connectivity index (χ2n) is 7.09. The number of nitrogens with zero attached hydrogens (tertiary/aromatic N) is 2. The van der Waals surface area contributed by atoms with E-state index in [1.807, 2.05) is 0 Å². The number of hydrogen-bond donors (Lipinski definition) is 0. The zero-order valence-electron chi connectivity index (χ0n) is 15.9. The van der Waals surface area contributed by atoms with Gasteiger partial charge in [-0.05, 0) is 43.0 Å². The Bertz CT molecular complexity index is 1410. The van der Waals surface area contributed by atoms with Gasteiger partial charge in [0.15, 0.2) is 21.6 Å². The van der Waals surface area contributed by atoms with Gasteiger partial charge in [-0.3, -0.25) is 0 Å². The van der Waals surface area contributed by atoms with Gasteiger partial charge in [-0.2, -0.15) is 17.9 Å². The molecule has 4 rings (SSSR count). The maximum atomic E-state index is 12.8. The van der Waals surface area contributed by atoms with E-state index < -0.39 is 41.7 Å². The largest absolute Gasteiger partial charge is 0.618 e. The zero-order valence-corrected chi connectivity index (χ0v) is 17.5. The standard InChI is InChI=1S/C18H15F3N2O6S2/c1-2-30(25,26)15-7-11(10-3-4-10)9-23(24)16(15)17-22-13-8-12(5-6-14(13)29-17)31(27,28)18(19,20)21/h5-10H,2-4H2,1H3. The van der Waals surface area contributed by atoms with Gasteiger partial charge in [-0.15, -0.1) is 0 Å². The van der Waals surface area contributed by atoms with Crippen molar-refractivity contribution < 1.29 is 39.2 Å². The molecule has 0 spiro atoms. The third-order valence-corrected chi connectivity index (χ3v) is 8.18. The number of benzene rings is 1. The van der Waals surface area contributed by atoms with Crippen LogP contribution in [0.15, 0.2) is 44.7 Å². The molecule has 166 valence electrons. The van der Waals surface area contributed by atoms with Crippen LogP contribution in [0.5, 0.6) is 0 Å². The third kappa shape index (κ3) is 3.65. The minimum absolute atomic E-state index is 0.0822. The molecule has 0 unspecified atom stereocenters. The number of hydrogen-bond acceptors (Lipinski definition) is 7. The molecule has 2 aromatic heterocycles. The summed E-state index contributed by atoms with van der Waals surface area (Å²) in [5, 5.41) is 12.7. The van der Waals surface area contributed by atoms with Crippen molar-refractivity contribution in [3.05, 3.63) is 41.2 Å². The number of aromatic nitrogens is 2. The van der Waals surface area contributed by atoms with E-state index in [1.165, 1.54) is 19.2 Å². The maximum absolute atomic E-state index is 12.8. The Balaban J connectivity index is 1.91. The summed E-state index contributed by atoms with van der Waals surface area (Å²) in [5.74, 6) is -0.665. The Labute approximate surface area is 174 Å². The summed E-state index contributed by atoms with van der Waals surface area (Å²) in [4.78, 5) is 2.56. The first-order valence-electron chi connectivity index (χ1n) is 9.07. The molecule has 2 heterocycles. The van der Waals surface area contributed by atoms with Crippen molar-refractivity contribution in [2.24, 2.45) is 0 Å². The zero-order chi connectivity index (χ0) is 22.8. The lowest BCUT2D eigenvalue weighted by atomic mass is 10.2. The minimum atomic E-state index is -5.62. The van der Waals surface area contributed by atoms with Crippen molar-refractivity contribution in [2.75, 3.05) is 5.75 Å². The summed E-state index contributed by atoms with van der Waals surface area (Å²) in [6, 6.07) is 3.71. The second kappa shape index (κ2) is 6.92. The van der Waals surface area contributed by atoms with Crippen LogP contribution in [0.25, 0.3) is 22.7 Å². The molecule has 1 fully saturated rings. The normalized spacial score (nSPS) is 15.5. The molecule has 0 bridgehead atoms. The molecule has 0 radical (unpaired) electrons. The summed E-state index contributed by atoms with van der Waals surface area (Å²) in [5.41, 5.74) is -5.75. The van der Waals surface area contributed by atoms with E-state index in [-0.39, 0.29) is 27.7 Å². The van der Waals surface area contributed by atoms with Gasteiger partial charge in [-0.25, -0.2) is 21.8 Å². The minimum Gasteiger partial charge on any atom is -0.618 e. The predicted octanol–water partition coefficient (Wildman–Crippen LogP) is 3.09. The van der Waals surface area contributed by atoms with Gasteiger partial charge in [0.05, 0.1) is 10.6 Å². The quantitative estimate of drug-likeness (QED) is 0.410. The van der Waals surface area contributed by atoms with Gasteiger partial charge in [-0.1, -0.05) is 6.92 Å². The average molecular weight is 476 g/mol. The van der Waals surface area contributed by atoms with Crippen LogP contribution in [-0.4, -0.2) is 33.1 Å². The molecule has 0 amide bonds. The van der Waals surface area contributed by atoms with E-state index in [0.29, 0.717) is 22.4 Å². The first-order chi connectivity index (χ1) is 14.3. The fraction of sp³-hybridized carbons (Fsp3) is 0.333. The Kier molecular flexibility index (Phi) is 4.81. The molecular formula is C18H15F3N2O6S2. The smallest absolute Gasteiger partial charge is 0.501 e. The highest BCUT2D eigenvalue weighted by atomic mass is 32.2. The number of pyridine rings is 1. The predicted molar refractivity (Wildman–Crippen MR) is 101 cm³/mol. The van der Waals surface area contributed by atoms with Crippen molar-refractivity contribution in [1.82, 2.24) is 4.98 Å². The molecule has 1 saturated carbocycles. The second-order valence-corrected chi connectivity index (χ2v) is 11.3. The molecule has 1 aromatic carbocycles. The highest BCUT2D eigenvalue weighted by Crippen LogP contribution is 2.41. The summed E-state index contributed by atoms with van der Waals surface area (Å²) in [6.07, 6.45) is 2.87. The van der Waals surface area contributed by atoms with Crippen LogP contribution < -0.4 is 4.73 Å². The highest BCUT2D eigenvalue weighted by Gasteiger charge is 2.47. The molecule has 1 aliphatic rings. The molecule has 0 aliphatic heterocycles. The maximum Gasteiger partial charge on any atom is 0.501 e. The fourth-order valence-electron chi connectivity index (χ4n) is 3.11. The van der Waals surface area contributed by atoms with E-state index >= 15 is 0 Å². The van der Waals surface area contributed by atoms with Crippen LogP contribution in [0.3, 0.4) is 0 Å². The number of rotatable bonds is 5. The van der Waals surface area contributed by atoms with E-state index in [1.54, 1.807) is 0 Å². The van der Waals surface area contributed by atoms with Gasteiger partial charge in [0.2, 0.25) is 0 Å². The van der Waals surface area contributed by atoms with Crippen LogP contribution in [0.4, 0.5) is 13.2 Å². The van der Waals surface area contributed by atoms with Crippen LogP contribution in [0.2, 0.25) is 0 Å². The number of halogens is 3. The molecule has 3 aromatic rings. The topological polar surface area (TPSA) is 121 Å². The molecular weight excluding hydrogens is 461 g/mol. The number of oxazole rings is 1. The van der Waals surface area contributed by atoms with Crippen LogP contribution in [-0.2, 0) is 19.7 Å². The molecule has 8 nitrogen and oxygen atoms in total. The molecule has 31 heavy (non-hydrogen) atoms. The SMILES string of the molecule is CCS(=O)(=O)c1cc(C2CC2)c[n+]([O-])c1-c1nc2cc(S(=O)(=O)C(F)(F)F)ccc2o1. The monoisotopic (exact) mass is 476 g/mol. The summed E-state index contributed by atoms with van der Waals surface area (Å²) < 4.78 is 92.8. The number of sulfone groups is 2. The molecule has 13 heteroatoms. The van der Waals surface area contributed by atoms with Crippen molar-refractivity contribution >= 4 is 30.8 Å². The van der Waals surface area contributed by atoms with Crippen molar-refractivity contribution in [1.29, 1.82) is 0 Å². The Morgan fingerprint density at radius 1 is 1.19 bits per heavy atom. The Hall–Kier alpha value is -2.67. The lowest BCUT2D eigenvalue weighted by Crippen LogP contribution is -2.32. The van der Waals surface area contributed by atoms with E-state index in [0.717, 1.165) is 18.9 Å². The van der Waals surface area contributed by atoms with Crippen molar-refractivity contribution in [3.8, 4) is 11.6 Å². The van der Waals surface area contributed by atoms with Gasteiger partial charge in [0.1, 0.15) is 10.4 Å². The van der Waals surface area contributed by atoms with Crippen LogP contribution >= 0.6 is 0 Å². The summed E-state index contributed by atoms with van der Waals surface area (Å²) >= 11 is 0. The summed E-state index contributed by atoms with van der Waals surface area (Å²) in [6.45, 7) is 1.40. The van der Waals surface area contributed by atoms with E-state index in [9.17, 15) is 35.2 Å². The average Bonchev–Trinajstić information content (AvgIpc) is 3.45. The molecule has 1 aliphatic carbocycles. The van der Waals surface area contributed by atoms with Gasteiger partial charge < -0.3 is 9.62 Å². The third-order valence-electron chi connectivity index (χ3n) is 4.96. The lowest BCUT2D eigenvalue weighted by Gasteiger charge is -2.10.